The number of carbonyl (C=O) groups excluding carboxylic acids is 1. The van der Waals surface area contributed by atoms with Crippen LogP contribution >= 0.6 is 11.8 Å². The van der Waals surface area contributed by atoms with Crippen molar-refractivity contribution in [2.45, 2.75) is 53.6 Å². The number of ether oxygens (including phenoxy) is 2. The molecule has 184 valence electrons. The summed E-state index contributed by atoms with van der Waals surface area (Å²) in [7, 11) is 5.38. The third kappa shape index (κ3) is 5.00. The van der Waals surface area contributed by atoms with E-state index in [4.69, 9.17) is 9.47 Å². The number of fused-ring (bicyclic) bond motifs is 1. The van der Waals surface area contributed by atoms with Crippen LogP contribution < -0.4 is 14.8 Å². The first-order chi connectivity index (χ1) is 16.1. The Kier molecular flexibility index (Phi) is 7.05. The van der Waals surface area contributed by atoms with Gasteiger partial charge < -0.3 is 19.7 Å². The van der Waals surface area contributed by atoms with Gasteiger partial charge in [-0.1, -0.05) is 6.07 Å². The van der Waals surface area contributed by atoms with Crippen molar-refractivity contribution >= 4 is 17.7 Å². The molecule has 2 aliphatic rings. The summed E-state index contributed by atoms with van der Waals surface area (Å²) >= 11 is -0.184. The van der Waals surface area contributed by atoms with E-state index in [1.54, 1.807) is 14.2 Å². The molecule has 2 fully saturated rings. The molecule has 34 heavy (non-hydrogen) atoms. The molecular weight excluding hydrogens is 465 g/mol. The lowest BCUT2D eigenvalue weighted by Gasteiger charge is -2.45. The zero-order valence-corrected chi connectivity index (χ0v) is 20.3. The summed E-state index contributed by atoms with van der Waals surface area (Å²) in [5.41, 5.74) is -2.78. The number of amides is 1. The first-order valence-corrected chi connectivity index (χ1v) is 12.1. The molecule has 1 heterocycles. The summed E-state index contributed by atoms with van der Waals surface area (Å²) in [6.07, 6.45) is 3.58. The number of alkyl halides is 3. The van der Waals surface area contributed by atoms with Gasteiger partial charge >= 0.3 is 5.51 Å². The van der Waals surface area contributed by atoms with E-state index < -0.39 is 5.51 Å². The molecule has 5 nitrogen and oxygen atoms in total. The maximum absolute atomic E-state index is 12.8. The topological polar surface area (TPSA) is 50.8 Å². The van der Waals surface area contributed by atoms with Gasteiger partial charge in [-0.3, -0.25) is 4.79 Å². The van der Waals surface area contributed by atoms with Gasteiger partial charge in [-0.2, -0.15) is 13.2 Å². The van der Waals surface area contributed by atoms with Crippen molar-refractivity contribution in [3.05, 3.63) is 53.6 Å². The molecule has 1 aliphatic carbocycles. The van der Waals surface area contributed by atoms with E-state index in [1.807, 2.05) is 6.07 Å². The number of hydrogen-bond donors (Lipinski definition) is 1. The van der Waals surface area contributed by atoms with E-state index in [-0.39, 0.29) is 40.1 Å². The molecule has 1 amide bonds. The molecule has 2 aromatic carbocycles. The first kappa shape index (κ1) is 24.7. The lowest BCUT2D eigenvalue weighted by molar-refractivity contribution is -0.0328. The number of hydrogen-bond acceptors (Lipinski definition) is 5. The minimum absolute atomic E-state index is 0.00412. The number of thioether (sulfide) groups is 1. The second kappa shape index (κ2) is 9.70. The molecule has 3 atom stereocenters. The van der Waals surface area contributed by atoms with Crippen LogP contribution in [-0.4, -0.2) is 56.2 Å². The summed E-state index contributed by atoms with van der Waals surface area (Å²) in [4.78, 5) is 15.2. The third-order valence-electron chi connectivity index (χ3n) is 7.17. The smallest absolute Gasteiger partial charge is 0.446 e. The molecule has 0 spiro atoms. The zero-order valence-electron chi connectivity index (χ0n) is 19.4. The SMILES string of the molecule is COc1ccc([C@@]23CC[C@@H](NC(=O)c4ccc(SC(F)(F)F)cc4)C[C@@H]2N(C)CC3)cc1OC. The van der Waals surface area contributed by atoms with Crippen LogP contribution in [0.1, 0.15) is 41.6 Å². The highest BCUT2D eigenvalue weighted by molar-refractivity contribution is 8.00. The summed E-state index contributed by atoms with van der Waals surface area (Å²) in [5.74, 6) is 1.16. The molecule has 9 heteroatoms. The average molecular weight is 495 g/mol. The van der Waals surface area contributed by atoms with Gasteiger partial charge in [0.25, 0.3) is 5.91 Å². The number of likely N-dealkylation sites (N-methyl/N-ethyl adjacent to an activating group) is 1. The molecular formula is C25H29F3N2O3S. The average Bonchev–Trinajstić information content (AvgIpc) is 3.15. The van der Waals surface area contributed by atoms with Crippen LogP contribution in [0.4, 0.5) is 13.2 Å². The number of rotatable bonds is 6. The van der Waals surface area contributed by atoms with Gasteiger partial charge in [-0.05, 0) is 93.0 Å². The van der Waals surface area contributed by atoms with E-state index in [9.17, 15) is 18.0 Å². The van der Waals surface area contributed by atoms with Crippen LogP contribution in [-0.2, 0) is 5.41 Å². The fourth-order valence-corrected chi connectivity index (χ4v) is 6.01. The van der Waals surface area contributed by atoms with Gasteiger partial charge in [-0.15, -0.1) is 0 Å². The summed E-state index contributed by atoms with van der Waals surface area (Å²) < 4.78 is 48.6. The highest BCUT2D eigenvalue weighted by Crippen LogP contribution is 2.50. The lowest BCUT2D eigenvalue weighted by Crippen LogP contribution is -2.51. The molecule has 0 unspecified atom stereocenters. The predicted molar refractivity (Wildman–Crippen MR) is 126 cm³/mol. The number of nitrogens with zero attached hydrogens (tertiary/aromatic N) is 1. The van der Waals surface area contributed by atoms with E-state index in [2.05, 4.69) is 29.4 Å². The minimum Gasteiger partial charge on any atom is -0.493 e. The Morgan fingerprint density at radius 2 is 1.79 bits per heavy atom. The van der Waals surface area contributed by atoms with Crippen molar-refractivity contribution in [3.63, 3.8) is 0 Å². The quantitative estimate of drug-likeness (QED) is 0.557. The number of carbonyl (C=O) groups is 1. The highest BCUT2D eigenvalue weighted by atomic mass is 32.2. The monoisotopic (exact) mass is 494 g/mol. The summed E-state index contributed by atoms with van der Waals surface area (Å²) in [5, 5.41) is 3.11. The number of benzene rings is 2. The lowest BCUT2D eigenvalue weighted by atomic mass is 9.65. The van der Waals surface area contributed by atoms with Crippen molar-refractivity contribution in [3.8, 4) is 11.5 Å². The molecule has 1 saturated heterocycles. The van der Waals surface area contributed by atoms with Gasteiger partial charge in [0.05, 0.1) is 14.2 Å². The predicted octanol–water partition coefficient (Wildman–Crippen LogP) is 5.24. The van der Waals surface area contributed by atoms with E-state index >= 15 is 0 Å². The van der Waals surface area contributed by atoms with Crippen LogP contribution in [0.5, 0.6) is 11.5 Å². The van der Waals surface area contributed by atoms with Crippen LogP contribution in [0.3, 0.4) is 0 Å². The molecule has 0 radical (unpaired) electrons. The fraction of sp³-hybridized carbons (Fsp3) is 0.480. The van der Waals surface area contributed by atoms with Crippen LogP contribution in [0.25, 0.3) is 0 Å². The third-order valence-corrected chi connectivity index (χ3v) is 7.91. The van der Waals surface area contributed by atoms with Gasteiger partial charge in [0, 0.05) is 28.0 Å². The van der Waals surface area contributed by atoms with Crippen molar-refractivity contribution in [1.82, 2.24) is 10.2 Å². The number of methoxy groups -OCH3 is 2. The Balaban J connectivity index is 1.47. The molecule has 1 N–H and O–H groups in total. The molecule has 2 aromatic rings. The first-order valence-electron chi connectivity index (χ1n) is 11.2. The molecule has 4 rings (SSSR count). The number of nitrogens with one attached hydrogen (secondary N) is 1. The van der Waals surface area contributed by atoms with E-state index in [0.29, 0.717) is 17.1 Å². The molecule has 1 saturated carbocycles. The second-order valence-electron chi connectivity index (χ2n) is 8.99. The van der Waals surface area contributed by atoms with Gasteiger partial charge in [0.2, 0.25) is 0 Å². The standard InChI is InChI=1S/C25H29F3N2O3S/c1-30-13-12-24(17-6-9-20(32-2)21(14-17)33-3)11-10-18(15-22(24)30)29-23(31)16-4-7-19(8-5-16)34-25(26,27)28/h4-9,14,18,22H,10-13,15H2,1-3H3,(H,29,31)/t18-,22+,24+/m1/s1. The van der Waals surface area contributed by atoms with Crippen LogP contribution in [0.15, 0.2) is 47.4 Å². The molecule has 1 aliphatic heterocycles. The van der Waals surface area contributed by atoms with Gasteiger partial charge in [0.1, 0.15) is 0 Å². The van der Waals surface area contributed by atoms with Gasteiger partial charge in [0.15, 0.2) is 11.5 Å². The second-order valence-corrected chi connectivity index (χ2v) is 10.1. The number of likely N-dealkylation sites (tertiary alicyclic amines) is 1. The zero-order chi connectivity index (χ0) is 24.5. The van der Waals surface area contributed by atoms with Crippen LogP contribution in [0.2, 0.25) is 0 Å². The summed E-state index contributed by atoms with van der Waals surface area (Å²) in [6, 6.07) is 12.0. The van der Waals surface area contributed by atoms with Gasteiger partial charge in [-0.25, -0.2) is 0 Å². The van der Waals surface area contributed by atoms with E-state index in [0.717, 1.165) is 32.2 Å². The molecule has 0 bridgehead atoms. The Morgan fingerprint density at radius 1 is 1.09 bits per heavy atom. The minimum atomic E-state index is -4.35. The Morgan fingerprint density at radius 3 is 2.44 bits per heavy atom. The Hall–Kier alpha value is -2.39. The van der Waals surface area contributed by atoms with Crippen molar-refractivity contribution in [2.75, 3.05) is 27.8 Å². The van der Waals surface area contributed by atoms with Crippen molar-refractivity contribution in [1.29, 1.82) is 0 Å². The van der Waals surface area contributed by atoms with E-state index in [1.165, 1.54) is 29.8 Å². The summed E-state index contributed by atoms with van der Waals surface area (Å²) in [6.45, 7) is 0.970. The largest absolute Gasteiger partial charge is 0.493 e. The maximum Gasteiger partial charge on any atom is 0.446 e. The Bertz CT molecular complexity index is 1030. The van der Waals surface area contributed by atoms with Crippen molar-refractivity contribution < 1.29 is 27.4 Å². The van der Waals surface area contributed by atoms with Crippen molar-refractivity contribution in [2.24, 2.45) is 0 Å². The van der Waals surface area contributed by atoms with Crippen LogP contribution in [0, 0.1) is 0 Å². The fourth-order valence-electron chi connectivity index (χ4n) is 5.47. The Labute approximate surface area is 202 Å². The number of halogens is 3. The maximum atomic E-state index is 12.8. The highest BCUT2D eigenvalue weighted by Gasteiger charge is 2.50. The molecule has 0 aromatic heterocycles. The normalized spacial score (nSPS) is 25.0.